The lowest BCUT2D eigenvalue weighted by Crippen LogP contribution is -2.54. The quantitative estimate of drug-likeness (QED) is 0.904. The number of hydrogen-bond acceptors (Lipinski definition) is 2. The Hall–Kier alpha value is -0.870. The summed E-state index contributed by atoms with van der Waals surface area (Å²) < 4.78 is 1.07. The molecule has 1 aromatic rings. The second kappa shape index (κ2) is 4.33. The summed E-state index contributed by atoms with van der Waals surface area (Å²) in [5, 5.41) is 0. The van der Waals surface area contributed by atoms with Crippen LogP contribution in [0.15, 0.2) is 28.7 Å². The fraction of sp³-hybridized carbons (Fsp3) is 0.364. The molecule has 1 fully saturated rings. The number of hydrogen-bond donors (Lipinski definition) is 1. The average Bonchev–Trinajstić information content (AvgIpc) is 2.14. The van der Waals surface area contributed by atoms with Crippen LogP contribution in [0.5, 0.6) is 0 Å². The molecule has 1 aliphatic heterocycles. The zero-order valence-corrected chi connectivity index (χ0v) is 9.90. The molecule has 1 amide bonds. The van der Waals surface area contributed by atoms with Crippen LogP contribution < -0.4 is 5.73 Å². The summed E-state index contributed by atoms with van der Waals surface area (Å²) in [5.74, 6) is -0.210. The molecule has 0 aromatic heterocycles. The summed E-state index contributed by atoms with van der Waals surface area (Å²) in [6.07, 6.45) is 0.895. The Balaban J connectivity index is 1.97. The molecule has 1 aromatic carbocycles. The maximum absolute atomic E-state index is 11.0. The minimum atomic E-state index is -0.210. The van der Waals surface area contributed by atoms with Crippen LogP contribution in [0, 0.1) is 0 Å². The number of amides is 1. The van der Waals surface area contributed by atoms with Crippen molar-refractivity contribution in [2.75, 3.05) is 6.54 Å². The lowest BCUT2D eigenvalue weighted by atomic mass is 10.0. The highest BCUT2D eigenvalue weighted by atomic mass is 79.9. The van der Waals surface area contributed by atoms with Gasteiger partial charge in [-0.1, -0.05) is 28.1 Å². The van der Waals surface area contributed by atoms with Crippen molar-refractivity contribution in [3.05, 3.63) is 34.3 Å². The molecule has 2 N–H and O–H groups in total. The molecule has 80 valence electrons. The van der Waals surface area contributed by atoms with Gasteiger partial charge in [0.1, 0.15) is 0 Å². The molecule has 1 atom stereocenters. The van der Waals surface area contributed by atoms with Gasteiger partial charge < -0.3 is 5.73 Å². The molecule has 2 rings (SSSR count). The van der Waals surface area contributed by atoms with E-state index < -0.39 is 0 Å². The standard InChI is InChI=1S/C11H13BrN2O/c12-9-3-1-8(2-4-9)7-14-6-5-10(14)11(13)15/h1-4,10H,5-7H2,(H2,13,15)/t10-/m1/s1. The van der Waals surface area contributed by atoms with E-state index in [9.17, 15) is 4.79 Å². The molecule has 3 nitrogen and oxygen atoms in total. The third-order valence-electron chi connectivity index (χ3n) is 2.76. The molecule has 0 spiro atoms. The lowest BCUT2D eigenvalue weighted by molar-refractivity contribution is -0.127. The molecule has 1 aliphatic rings. The van der Waals surface area contributed by atoms with E-state index in [-0.39, 0.29) is 11.9 Å². The Kier molecular flexibility index (Phi) is 3.07. The number of benzene rings is 1. The van der Waals surface area contributed by atoms with E-state index in [0.29, 0.717) is 0 Å². The highest BCUT2D eigenvalue weighted by molar-refractivity contribution is 9.10. The van der Waals surface area contributed by atoms with Crippen LogP contribution in [-0.4, -0.2) is 23.4 Å². The van der Waals surface area contributed by atoms with Crippen LogP contribution in [-0.2, 0) is 11.3 Å². The zero-order valence-electron chi connectivity index (χ0n) is 8.32. The first kappa shape index (κ1) is 10.6. The summed E-state index contributed by atoms with van der Waals surface area (Å²) >= 11 is 3.39. The van der Waals surface area contributed by atoms with E-state index in [2.05, 4.69) is 33.0 Å². The highest BCUT2D eigenvalue weighted by Gasteiger charge is 2.31. The van der Waals surface area contributed by atoms with Gasteiger partial charge in [-0.2, -0.15) is 0 Å². The van der Waals surface area contributed by atoms with Gasteiger partial charge in [0.25, 0.3) is 0 Å². The molecule has 0 aliphatic carbocycles. The fourth-order valence-corrected chi connectivity index (χ4v) is 2.04. The average molecular weight is 269 g/mol. The van der Waals surface area contributed by atoms with Gasteiger partial charge in [-0.15, -0.1) is 0 Å². The molecule has 1 saturated heterocycles. The number of rotatable bonds is 3. The van der Waals surface area contributed by atoms with Gasteiger partial charge in [0, 0.05) is 17.6 Å². The summed E-state index contributed by atoms with van der Waals surface area (Å²) in [7, 11) is 0. The van der Waals surface area contributed by atoms with Gasteiger partial charge in [0.15, 0.2) is 0 Å². The third-order valence-corrected chi connectivity index (χ3v) is 3.29. The summed E-state index contributed by atoms with van der Waals surface area (Å²) in [5.41, 5.74) is 6.49. The monoisotopic (exact) mass is 268 g/mol. The van der Waals surface area contributed by atoms with E-state index in [1.807, 2.05) is 12.1 Å². The zero-order chi connectivity index (χ0) is 10.8. The van der Waals surface area contributed by atoms with Gasteiger partial charge in [-0.25, -0.2) is 0 Å². The topological polar surface area (TPSA) is 46.3 Å². The van der Waals surface area contributed by atoms with Crippen molar-refractivity contribution < 1.29 is 4.79 Å². The van der Waals surface area contributed by atoms with Crippen molar-refractivity contribution >= 4 is 21.8 Å². The van der Waals surface area contributed by atoms with Crippen LogP contribution in [0.2, 0.25) is 0 Å². The normalized spacial score (nSPS) is 21.0. The molecule has 15 heavy (non-hydrogen) atoms. The van der Waals surface area contributed by atoms with E-state index in [0.717, 1.165) is 24.0 Å². The predicted octanol–water partition coefficient (Wildman–Crippen LogP) is 1.51. The molecular weight excluding hydrogens is 256 g/mol. The van der Waals surface area contributed by atoms with Crippen LogP contribution in [0.4, 0.5) is 0 Å². The number of halogens is 1. The van der Waals surface area contributed by atoms with Crippen LogP contribution in [0.25, 0.3) is 0 Å². The smallest absolute Gasteiger partial charge is 0.234 e. The highest BCUT2D eigenvalue weighted by Crippen LogP contribution is 2.20. The van der Waals surface area contributed by atoms with E-state index >= 15 is 0 Å². The second-order valence-electron chi connectivity index (χ2n) is 3.80. The fourth-order valence-electron chi connectivity index (χ4n) is 1.78. The third kappa shape index (κ3) is 2.38. The van der Waals surface area contributed by atoms with Gasteiger partial charge >= 0.3 is 0 Å². The second-order valence-corrected chi connectivity index (χ2v) is 4.72. The summed E-state index contributed by atoms with van der Waals surface area (Å²) in [6, 6.07) is 8.07. The Morgan fingerprint density at radius 2 is 2.13 bits per heavy atom. The molecule has 4 heteroatoms. The summed E-state index contributed by atoms with van der Waals surface area (Å²) in [4.78, 5) is 13.1. The van der Waals surface area contributed by atoms with Crippen LogP contribution in [0.3, 0.4) is 0 Å². The number of carbonyl (C=O) groups excluding carboxylic acids is 1. The SMILES string of the molecule is NC(=O)[C@H]1CCN1Cc1ccc(Br)cc1. The van der Waals surface area contributed by atoms with Crippen molar-refractivity contribution in [3.63, 3.8) is 0 Å². The van der Waals surface area contributed by atoms with E-state index in [1.165, 1.54) is 5.56 Å². The Labute approximate surface area is 97.4 Å². The van der Waals surface area contributed by atoms with Crippen LogP contribution in [0.1, 0.15) is 12.0 Å². The first-order valence-corrected chi connectivity index (χ1v) is 5.74. The van der Waals surface area contributed by atoms with Crippen molar-refractivity contribution in [2.45, 2.75) is 19.0 Å². The van der Waals surface area contributed by atoms with Crippen molar-refractivity contribution in [1.29, 1.82) is 0 Å². The Bertz CT molecular complexity index is 363. The van der Waals surface area contributed by atoms with Gasteiger partial charge in [-0.05, 0) is 24.1 Å². The minimum Gasteiger partial charge on any atom is -0.368 e. The molecule has 0 bridgehead atoms. The molecule has 0 unspecified atom stereocenters. The summed E-state index contributed by atoms with van der Waals surface area (Å²) in [6.45, 7) is 1.77. The van der Waals surface area contributed by atoms with Crippen molar-refractivity contribution in [3.8, 4) is 0 Å². The molecule has 0 radical (unpaired) electrons. The number of likely N-dealkylation sites (tertiary alicyclic amines) is 1. The maximum Gasteiger partial charge on any atom is 0.234 e. The first-order valence-electron chi connectivity index (χ1n) is 4.94. The van der Waals surface area contributed by atoms with Gasteiger partial charge in [-0.3, -0.25) is 9.69 Å². The number of carbonyl (C=O) groups is 1. The lowest BCUT2D eigenvalue weighted by Gasteiger charge is -2.38. The predicted molar refractivity (Wildman–Crippen MR) is 62.2 cm³/mol. The molecular formula is C11H13BrN2O. The Morgan fingerprint density at radius 1 is 1.47 bits per heavy atom. The molecule has 1 heterocycles. The minimum absolute atomic E-state index is 0.0614. The number of nitrogens with two attached hydrogens (primary N) is 1. The van der Waals surface area contributed by atoms with E-state index in [1.54, 1.807) is 0 Å². The first-order chi connectivity index (χ1) is 7.16. The number of nitrogens with zero attached hydrogens (tertiary/aromatic N) is 1. The van der Waals surface area contributed by atoms with Crippen molar-refractivity contribution in [2.24, 2.45) is 5.73 Å². The van der Waals surface area contributed by atoms with Gasteiger partial charge in [0.05, 0.1) is 6.04 Å². The van der Waals surface area contributed by atoms with E-state index in [4.69, 9.17) is 5.73 Å². The maximum atomic E-state index is 11.0. The van der Waals surface area contributed by atoms with Gasteiger partial charge in [0.2, 0.25) is 5.91 Å². The Morgan fingerprint density at radius 3 is 2.60 bits per heavy atom. The van der Waals surface area contributed by atoms with Crippen LogP contribution >= 0.6 is 15.9 Å². The largest absolute Gasteiger partial charge is 0.368 e. The van der Waals surface area contributed by atoms with Crippen molar-refractivity contribution in [1.82, 2.24) is 4.90 Å². The number of primary amides is 1. The molecule has 0 saturated carbocycles.